The summed E-state index contributed by atoms with van der Waals surface area (Å²) >= 11 is 5.96. The monoisotopic (exact) mass is 422 g/mol. The van der Waals surface area contributed by atoms with Gasteiger partial charge in [0.25, 0.3) is 5.91 Å². The molecule has 1 aliphatic rings. The first-order chi connectivity index (χ1) is 12.9. The van der Waals surface area contributed by atoms with Crippen LogP contribution in [-0.4, -0.2) is 17.4 Å². The van der Waals surface area contributed by atoms with E-state index in [0.29, 0.717) is 19.0 Å². The van der Waals surface area contributed by atoms with Crippen LogP contribution < -0.4 is 5.32 Å². The Labute approximate surface area is 160 Å². The molecule has 1 fully saturated rings. The third kappa shape index (κ3) is 4.24. The molecule has 0 aliphatic heterocycles. The molecular formula is C18H13ClF6N2O. The summed E-state index contributed by atoms with van der Waals surface area (Å²) in [6, 6.07) is 4.73. The number of hydrogen-bond acceptors (Lipinski definition) is 2. The van der Waals surface area contributed by atoms with Crippen LogP contribution in [0.15, 0.2) is 36.5 Å². The van der Waals surface area contributed by atoms with Gasteiger partial charge in [0.15, 0.2) is 0 Å². The predicted octanol–water partition coefficient (Wildman–Crippen LogP) is 5.23. The van der Waals surface area contributed by atoms with Crippen molar-refractivity contribution in [2.75, 3.05) is 6.54 Å². The molecule has 2 aromatic rings. The van der Waals surface area contributed by atoms with E-state index in [9.17, 15) is 31.1 Å². The normalized spacial score (nSPS) is 16.0. The van der Waals surface area contributed by atoms with Gasteiger partial charge in [0, 0.05) is 23.7 Å². The van der Waals surface area contributed by atoms with Gasteiger partial charge >= 0.3 is 12.4 Å². The number of carbonyl (C=O) groups is 1. The lowest BCUT2D eigenvalue weighted by Gasteiger charge is -2.18. The second kappa shape index (κ2) is 6.95. The van der Waals surface area contributed by atoms with Gasteiger partial charge in [-0.2, -0.15) is 26.3 Å². The zero-order chi connectivity index (χ0) is 20.7. The third-order valence-corrected chi connectivity index (χ3v) is 4.85. The third-order valence-electron chi connectivity index (χ3n) is 4.56. The Morgan fingerprint density at radius 2 is 1.71 bits per heavy atom. The SMILES string of the molecule is O=C(NCC1(c2ncc(C(F)(F)F)cc2Cl)CC1)c1cccc(C(F)(F)F)c1. The first-order valence-corrected chi connectivity index (χ1v) is 8.49. The van der Waals surface area contributed by atoms with Crippen LogP contribution in [0.3, 0.4) is 0 Å². The molecule has 1 amide bonds. The molecule has 0 atom stereocenters. The van der Waals surface area contributed by atoms with Crippen LogP contribution in [-0.2, 0) is 17.8 Å². The minimum atomic E-state index is -4.58. The summed E-state index contributed by atoms with van der Waals surface area (Å²) in [6.07, 6.45) is -7.41. The first-order valence-electron chi connectivity index (χ1n) is 8.11. The molecule has 1 aliphatic carbocycles. The Bertz CT molecular complexity index is 906. The van der Waals surface area contributed by atoms with Gasteiger partial charge in [0.2, 0.25) is 0 Å². The second-order valence-electron chi connectivity index (χ2n) is 6.59. The first kappa shape index (κ1) is 20.4. The van der Waals surface area contributed by atoms with E-state index in [2.05, 4.69) is 10.3 Å². The standard InChI is InChI=1S/C18H13ClF6N2O/c19-13-7-12(18(23,24)25)8-26-14(13)16(4-5-16)9-27-15(28)10-2-1-3-11(6-10)17(20,21)22/h1-3,6-8H,4-5,9H2,(H,27,28). The number of amides is 1. The Morgan fingerprint density at radius 3 is 2.25 bits per heavy atom. The van der Waals surface area contributed by atoms with Gasteiger partial charge in [-0.3, -0.25) is 9.78 Å². The molecule has 1 saturated carbocycles. The Hall–Kier alpha value is -2.29. The van der Waals surface area contributed by atoms with Crippen molar-refractivity contribution in [3.63, 3.8) is 0 Å². The molecule has 1 heterocycles. The highest BCUT2D eigenvalue weighted by molar-refractivity contribution is 6.31. The number of hydrogen-bond donors (Lipinski definition) is 1. The average Bonchev–Trinajstić information content (AvgIpc) is 3.39. The zero-order valence-electron chi connectivity index (χ0n) is 14.1. The van der Waals surface area contributed by atoms with E-state index < -0.39 is 34.8 Å². The van der Waals surface area contributed by atoms with E-state index >= 15 is 0 Å². The molecule has 3 nitrogen and oxygen atoms in total. The number of nitrogens with one attached hydrogen (secondary N) is 1. The van der Waals surface area contributed by atoms with Crippen molar-refractivity contribution in [1.82, 2.24) is 10.3 Å². The lowest BCUT2D eigenvalue weighted by atomic mass is 10.0. The summed E-state index contributed by atoms with van der Waals surface area (Å²) in [5, 5.41) is 2.36. The number of aromatic nitrogens is 1. The number of benzene rings is 1. The van der Waals surface area contributed by atoms with Crippen LogP contribution in [0.1, 0.15) is 40.0 Å². The van der Waals surface area contributed by atoms with Gasteiger partial charge < -0.3 is 5.32 Å². The molecule has 1 N–H and O–H groups in total. The van der Waals surface area contributed by atoms with Crippen LogP contribution in [0.4, 0.5) is 26.3 Å². The fourth-order valence-corrected chi connectivity index (χ4v) is 3.19. The molecule has 0 bridgehead atoms. The number of rotatable bonds is 4. The summed E-state index contributed by atoms with van der Waals surface area (Å²) in [5.41, 5.74) is -2.60. The second-order valence-corrected chi connectivity index (χ2v) is 7.00. The quantitative estimate of drug-likeness (QED) is 0.685. The van der Waals surface area contributed by atoms with Crippen molar-refractivity contribution >= 4 is 17.5 Å². The fourth-order valence-electron chi connectivity index (χ4n) is 2.82. The minimum Gasteiger partial charge on any atom is -0.351 e. The number of carbonyl (C=O) groups excluding carboxylic acids is 1. The maximum atomic E-state index is 12.8. The number of halogens is 7. The maximum absolute atomic E-state index is 12.8. The van der Waals surface area contributed by atoms with Gasteiger partial charge in [-0.25, -0.2) is 0 Å². The van der Waals surface area contributed by atoms with E-state index in [1.165, 1.54) is 6.07 Å². The summed E-state index contributed by atoms with van der Waals surface area (Å²) in [4.78, 5) is 16.0. The molecule has 28 heavy (non-hydrogen) atoms. The van der Waals surface area contributed by atoms with Gasteiger partial charge in [-0.05, 0) is 37.1 Å². The summed E-state index contributed by atoms with van der Waals surface area (Å²) in [6.45, 7) is 0.000162. The van der Waals surface area contributed by atoms with Crippen molar-refractivity contribution in [2.45, 2.75) is 30.6 Å². The summed E-state index contributed by atoms with van der Waals surface area (Å²) in [7, 11) is 0. The number of nitrogens with zero attached hydrogens (tertiary/aromatic N) is 1. The molecular weight excluding hydrogens is 410 g/mol. The van der Waals surface area contributed by atoms with Gasteiger partial charge in [-0.15, -0.1) is 0 Å². The molecule has 150 valence electrons. The molecule has 0 unspecified atom stereocenters. The number of alkyl halides is 6. The Balaban J connectivity index is 1.74. The lowest BCUT2D eigenvalue weighted by Crippen LogP contribution is -2.33. The molecule has 0 spiro atoms. The summed E-state index contributed by atoms with van der Waals surface area (Å²) in [5.74, 6) is -0.722. The highest BCUT2D eigenvalue weighted by atomic mass is 35.5. The molecule has 10 heteroatoms. The van der Waals surface area contributed by atoms with Crippen LogP contribution in [0, 0.1) is 0 Å². The molecule has 3 rings (SSSR count). The fraction of sp³-hybridized carbons (Fsp3) is 0.333. The average molecular weight is 423 g/mol. The van der Waals surface area contributed by atoms with Crippen LogP contribution in [0.25, 0.3) is 0 Å². The van der Waals surface area contributed by atoms with Crippen LogP contribution in [0.5, 0.6) is 0 Å². The van der Waals surface area contributed by atoms with Crippen LogP contribution in [0.2, 0.25) is 5.02 Å². The number of pyridine rings is 1. The van der Waals surface area contributed by atoms with Gasteiger partial charge in [0.05, 0.1) is 21.8 Å². The van der Waals surface area contributed by atoms with Gasteiger partial charge in [-0.1, -0.05) is 17.7 Å². The summed E-state index contributed by atoms with van der Waals surface area (Å²) < 4.78 is 76.5. The van der Waals surface area contributed by atoms with Crippen molar-refractivity contribution in [2.24, 2.45) is 0 Å². The Kier molecular flexibility index (Phi) is 5.07. The molecule has 0 radical (unpaired) electrons. The van der Waals surface area contributed by atoms with E-state index in [4.69, 9.17) is 11.6 Å². The highest BCUT2D eigenvalue weighted by Gasteiger charge is 2.47. The van der Waals surface area contributed by atoms with Crippen molar-refractivity contribution in [3.8, 4) is 0 Å². The molecule has 1 aromatic heterocycles. The minimum absolute atomic E-state index is 0.000162. The van der Waals surface area contributed by atoms with Crippen LogP contribution >= 0.6 is 11.6 Å². The molecule has 0 saturated heterocycles. The lowest BCUT2D eigenvalue weighted by molar-refractivity contribution is -0.138. The van der Waals surface area contributed by atoms with Crippen molar-refractivity contribution in [1.29, 1.82) is 0 Å². The van der Waals surface area contributed by atoms with E-state index in [0.717, 1.165) is 24.3 Å². The van der Waals surface area contributed by atoms with E-state index in [-0.39, 0.29) is 22.8 Å². The smallest absolute Gasteiger partial charge is 0.351 e. The Morgan fingerprint density at radius 1 is 1.07 bits per heavy atom. The van der Waals surface area contributed by atoms with E-state index in [1.54, 1.807) is 0 Å². The predicted molar refractivity (Wildman–Crippen MR) is 88.9 cm³/mol. The zero-order valence-corrected chi connectivity index (χ0v) is 14.8. The maximum Gasteiger partial charge on any atom is 0.417 e. The largest absolute Gasteiger partial charge is 0.417 e. The highest BCUT2D eigenvalue weighted by Crippen LogP contribution is 2.49. The van der Waals surface area contributed by atoms with Crippen molar-refractivity contribution < 1.29 is 31.1 Å². The van der Waals surface area contributed by atoms with Gasteiger partial charge in [0.1, 0.15) is 0 Å². The topological polar surface area (TPSA) is 42.0 Å². The molecule has 1 aromatic carbocycles. The van der Waals surface area contributed by atoms with Crippen molar-refractivity contribution in [3.05, 3.63) is 63.9 Å². The van der Waals surface area contributed by atoms with E-state index in [1.807, 2.05) is 0 Å².